The molecule has 1 amide bonds. The quantitative estimate of drug-likeness (QED) is 0.769. The molecule has 0 bridgehead atoms. The summed E-state index contributed by atoms with van der Waals surface area (Å²) in [6.07, 6.45) is 2.94. The molecule has 8 heteroatoms. The fraction of sp³-hybridized carbons (Fsp3) is 0.235. The summed E-state index contributed by atoms with van der Waals surface area (Å²) in [6, 6.07) is 9.66. The Balaban J connectivity index is 1.89. The van der Waals surface area contributed by atoms with Crippen molar-refractivity contribution in [1.29, 1.82) is 0 Å². The summed E-state index contributed by atoms with van der Waals surface area (Å²) in [7, 11) is -3.38. The van der Waals surface area contributed by atoms with Gasteiger partial charge < -0.3 is 5.32 Å². The lowest BCUT2D eigenvalue weighted by molar-refractivity contribution is 0.0937. The fourth-order valence-electron chi connectivity index (χ4n) is 2.57. The summed E-state index contributed by atoms with van der Waals surface area (Å²) in [5, 5.41) is 11.0. The third-order valence-electron chi connectivity index (χ3n) is 3.96. The van der Waals surface area contributed by atoms with Crippen LogP contribution in [0.2, 0.25) is 0 Å². The van der Waals surface area contributed by atoms with Crippen molar-refractivity contribution in [2.24, 2.45) is 0 Å². The summed E-state index contributed by atoms with van der Waals surface area (Å²) >= 11 is 0. The van der Waals surface area contributed by atoms with Crippen molar-refractivity contribution >= 4 is 21.4 Å². The molecule has 1 unspecified atom stereocenters. The molecule has 1 atom stereocenters. The third-order valence-corrected chi connectivity index (χ3v) is 5.07. The Kier molecular flexibility index (Phi) is 4.30. The highest BCUT2D eigenvalue weighted by Gasteiger charge is 2.19. The Morgan fingerprint density at radius 2 is 1.96 bits per heavy atom. The van der Waals surface area contributed by atoms with Gasteiger partial charge in [-0.1, -0.05) is 12.1 Å². The SMILES string of the molecule is Cc1ccc(S(C)(=O)=O)cc1C(=O)NC(C)c1nnc2ccccn12. The fourth-order valence-corrected chi connectivity index (χ4v) is 3.22. The molecule has 1 N–H and O–H groups in total. The van der Waals surface area contributed by atoms with E-state index in [2.05, 4.69) is 15.5 Å². The van der Waals surface area contributed by atoms with Crippen LogP contribution in [0.5, 0.6) is 0 Å². The van der Waals surface area contributed by atoms with Gasteiger partial charge in [0.2, 0.25) is 0 Å². The molecule has 0 spiro atoms. The maximum Gasteiger partial charge on any atom is 0.252 e. The van der Waals surface area contributed by atoms with Crippen molar-refractivity contribution in [3.63, 3.8) is 0 Å². The van der Waals surface area contributed by atoms with Gasteiger partial charge in [-0.15, -0.1) is 10.2 Å². The second-order valence-corrected chi connectivity index (χ2v) is 7.95. The van der Waals surface area contributed by atoms with Gasteiger partial charge >= 0.3 is 0 Å². The Labute approximate surface area is 145 Å². The molecule has 130 valence electrons. The largest absolute Gasteiger partial charge is 0.342 e. The summed E-state index contributed by atoms with van der Waals surface area (Å²) in [5.74, 6) is 0.240. The van der Waals surface area contributed by atoms with E-state index in [4.69, 9.17) is 0 Å². The van der Waals surface area contributed by atoms with Gasteiger partial charge in [-0.25, -0.2) is 8.42 Å². The number of hydrogen-bond acceptors (Lipinski definition) is 5. The molecule has 0 aliphatic rings. The first-order valence-corrected chi connectivity index (χ1v) is 9.58. The van der Waals surface area contributed by atoms with Crippen LogP contribution in [-0.2, 0) is 9.84 Å². The van der Waals surface area contributed by atoms with Crippen molar-refractivity contribution in [3.8, 4) is 0 Å². The average Bonchev–Trinajstić information content (AvgIpc) is 2.98. The van der Waals surface area contributed by atoms with Gasteiger partial charge in [0, 0.05) is 18.0 Å². The molecule has 0 fully saturated rings. The van der Waals surface area contributed by atoms with E-state index in [1.165, 1.54) is 12.1 Å². The van der Waals surface area contributed by atoms with Gasteiger partial charge in [0.15, 0.2) is 21.3 Å². The van der Waals surface area contributed by atoms with Crippen LogP contribution in [0.1, 0.15) is 34.7 Å². The van der Waals surface area contributed by atoms with E-state index in [0.29, 0.717) is 22.6 Å². The number of carbonyl (C=O) groups is 1. The topological polar surface area (TPSA) is 93.4 Å². The number of fused-ring (bicyclic) bond motifs is 1. The van der Waals surface area contributed by atoms with Crippen LogP contribution in [0.25, 0.3) is 5.65 Å². The first-order chi connectivity index (χ1) is 11.8. The van der Waals surface area contributed by atoms with Crippen molar-refractivity contribution < 1.29 is 13.2 Å². The highest BCUT2D eigenvalue weighted by Crippen LogP contribution is 2.18. The van der Waals surface area contributed by atoms with E-state index in [9.17, 15) is 13.2 Å². The minimum Gasteiger partial charge on any atom is -0.342 e. The van der Waals surface area contributed by atoms with Crippen LogP contribution in [0.3, 0.4) is 0 Å². The van der Waals surface area contributed by atoms with Crippen molar-refractivity contribution in [3.05, 3.63) is 59.5 Å². The molecule has 2 aromatic heterocycles. The van der Waals surface area contributed by atoms with Crippen LogP contribution >= 0.6 is 0 Å². The maximum absolute atomic E-state index is 12.6. The normalized spacial score (nSPS) is 12.9. The van der Waals surface area contributed by atoms with Crippen molar-refractivity contribution in [1.82, 2.24) is 19.9 Å². The number of nitrogens with one attached hydrogen (secondary N) is 1. The molecular weight excluding hydrogens is 340 g/mol. The number of nitrogens with zero attached hydrogens (tertiary/aromatic N) is 3. The number of aryl methyl sites for hydroxylation is 1. The van der Waals surface area contributed by atoms with E-state index >= 15 is 0 Å². The number of amides is 1. The van der Waals surface area contributed by atoms with Crippen LogP contribution in [-0.4, -0.2) is 35.2 Å². The summed E-state index contributed by atoms with van der Waals surface area (Å²) in [4.78, 5) is 12.7. The second-order valence-electron chi connectivity index (χ2n) is 5.93. The van der Waals surface area contributed by atoms with Gasteiger partial charge in [-0.05, 0) is 43.7 Å². The number of aromatic nitrogens is 3. The molecule has 1 aromatic carbocycles. The molecule has 0 radical (unpaired) electrons. The predicted molar refractivity (Wildman–Crippen MR) is 93.2 cm³/mol. The predicted octanol–water partition coefficient (Wildman–Crippen LogP) is 1.93. The van der Waals surface area contributed by atoms with Crippen LogP contribution < -0.4 is 5.32 Å². The van der Waals surface area contributed by atoms with Gasteiger partial charge in [0.1, 0.15) is 0 Å². The zero-order valence-corrected chi connectivity index (χ0v) is 14.9. The van der Waals surface area contributed by atoms with Gasteiger partial charge in [-0.3, -0.25) is 9.20 Å². The number of rotatable bonds is 4. The van der Waals surface area contributed by atoms with Crippen LogP contribution in [0.15, 0.2) is 47.5 Å². The zero-order chi connectivity index (χ0) is 18.2. The molecule has 0 saturated carbocycles. The van der Waals surface area contributed by atoms with E-state index in [1.54, 1.807) is 24.3 Å². The highest BCUT2D eigenvalue weighted by molar-refractivity contribution is 7.90. The van der Waals surface area contributed by atoms with Gasteiger partial charge in [0.05, 0.1) is 10.9 Å². The molecule has 0 aliphatic carbocycles. The number of benzene rings is 1. The summed E-state index contributed by atoms with van der Waals surface area (Å²) in [6.45, 7) is 3.56. The lowest BCUT2D eigenvalue weighted by Crippen LogP contribution is -2.28. The molecule has 2 heterocycles. The Morgan fingerprint density at radius 3 is 2.68 bits per heavy atom. The Bertz CT molecular complexity index is 1060. The average molecular weight is 358 g/mol. The zero-order valence-electron chi connectivity index (χ0n) is 14.1. The van der Waals surface area contributed by atoms with E-state index in [0.717, 1.165) is 6.26 Å². The van der Waals surface area contributed by atoms with Gasteiger partial charge in [-0.2, -0.15) is 0 Å². The third kappa shape index (κ3) is 3.39. The minimum atomic E-state index is -3.38. The molecule has 0 saturated heterocycles. The molecular formula is C17H18N4O3S. The van der Waals surface area contributed by atoms with E-state index in [1.807, 2.05) is 24.4 Å². The van der Waals surface area contributed by atoms with Crippen molar-refractivity contribution in [2.75, 3.05) is 6.26 Å². The number of carbonyl (C=O) groups excluding carboxylic acids is 1. The molecule has 0 aliphatic heterocycles. The first kappa shape index (κ1) is 17.1. The Morgan fingerprint density at radius 1 is 1.20 bits per heavy atom. The lowest BCUT2D eigenvalue weighted by Gasteiger charge is -2.14. The lowest BCUT2D eigenvalue weighted by atomic mass is 10.1. The second kappa shape index (κ2) is 6.29. The maximum atomic E-state index is 12.6. The van der Waals surface area contributed by atoms with Crippen LogP contribution in [0, 0.1) is 6.92 Å². The smallest absolute Gasteiger partial charge is 0.252 e. The first-order valence-electron chi connectivity index (χ1n) is 7.68. The standard InChI is InChI=1S/C17H18N4O3S/c1-11-7-8-13(25(3,23)24)10-14(11)17(22)18-12(2)16-20-19-15-6-4-5-9-21(15)16/h4-10,12H,1-3H3,(H,18,22). The molecule has 7 nitrogen and oxygen atoms in total. The van der Waals surface area contributed by atoms with Crippen molar-refractivity contribution in [2.45, 2.75) is 24.8 Å². The minimum absolute atomic E-state index is 0.115. The summed E-state index contributed by atoms with van der Waals surface area (Å²) < 4.78 is 25.2. The Hall–Kier alpha value is -2.74. The van der Waals surface area contributed by atoms with Crippen LogP contribution in [0.4, 0.5) is 0 Å². The number of hydrogen-bond donors (Lipinski definition) is 1. The highest BCUT2D eigenvalue weighted by atomic mass is 32.2. The van der Waals surface area contributed by atoms with Gasteiger partial charge in [0.25, 0.3) is 5.91 Å². The monoisotopic (exact) mass is 358 g/mol. The molecule has 25 heavy (non-hydrogen) atoms. The molecule has 3 aromatic rings. The van der Waals surface area contributed by atoms with E-state index < -0.39 is 15.9 Å². The molecule has 3 rings (SSSR count). The summed E-state index contributed by atoms with van der Waals surface area (Å²) in [5.41, 5.74) is 1.71. The number of sulfone groups is 1. The number of pyridine rings is 1. The van der Waals surface area contributed by atoms with E-state index in [-0.39, 0.29) is 10.8 Å².